The van der Waals surface area contributed by atoms with Crippen molar-refractivity contribution < 1.29 is 9.90 Å². The van der Waals surface area contributed by atoms with E-state index in [4.69, 9.17) is 0 Å². The van der Waals surface area contributed by atoms with Gasteiger partial charge in [-0.1, -0.05) is 36.4 Å². The number of carbonyl (C=O) groups excluding carboxylic acids is 1. The number of aromatic hydroxyl groups is 1. The molecule has 1 aliphatic carbocycles. The third-order valence-electron chi connectivity index (χ3n) is 5.31. The van der Waals surface area contributed by atoms with Gasteiger partial charge in [-0.15, -0.1) is 0 Å². The van der Waals surface area contributed by atoms with Gasteiger partial charge in [0.2, 0.25) is 5.91 Å². The first-order chi connectivity index (χ1) is 12.5. The van der Waals surface area contributed by atoms with Crippen LogP contribution in [0.25, 0.3) is 0 Å². The Morgan fingerprint density at radius 1 is 1.19 bits per heavy atom. The molecule has 26 heavy (non-hydrogen) atoms. The number of fused-ring (bicyclic) bond motifs is 1. The van der Waals surface area contributed by atoms with E-state index in [1.54, 1.807) is 12.1 Å². The van der Waals surface area contributed by atoms with Crippen LogP contribution < -0.4 is 5.32 Å². The lowest BCUT2D eigenvalue weighted by Gasteiger charge is -2.24. The molecular formula is C22H28N2O2. The summed E-state index contributed by atoms with van der Waals surface area (Å²) >= 11 is 0. The number of phenolic OH excluding ortho intramolecular Hbond substituents is 1. The van der Waals surface area contributed by atoms with Crippen molar-refractivity contribution in [3.63, 3.8) is 0 Å². The molecule has 0 saturated heterocycles. The second-order valence-corrected chi connectivity index (χ2v) is 7.38. The topological polar surface area (TPSA) is 52.6 Å². The van der Waals surface area contributed by atoms with Crippen molar-refractivity contribution in [1.29, 1.82) is 0 Å². The SMILES string of the molecule is CN(C)C(CCC(=O)NC1CCc2ccccc21)Cc1ccc(O)cc1. The average molecular weight is 352 g/mol. The lowest BCUT2D eigenvalue weighted by molar-refractivity contribution is -0.122. The van der Waals surface area contributed by atoms with Crippen LogP contribution in [0.15, 0.2) is 48.5 Å². The van der Waals surface area contributed by atoms with Gasteiger partial charge in [-0.3, -0.25) is 4.79 Å². The molecule has 0 bridgehead atoms. The molecule has 2 aromatic carbocycles. The standard InChI is InChI=1S/C22H28N2O2/c1-24(2)18(15-16-7-11-19(25)12-8-16)10-14-22(26)23-21-13-9-17-5-3-4-6-20(17)21/h3-8,11-12,18,21,25H,9-10,13-15H2,1-2H3,(H,23,26). The normalized spacial score (nSPS) is 17.1. The van der Waals surface area contributed by atoms with Gasteiger partial charge in [0.1, 0.15) is 5.75 Å². The van der Waals surface area contributed by atoms with Crippen LogP contribution in [0.3, 0.4) is 0 Å². The number of hydrogen-bond acceptors (Lipinski definition) is 3. The molecule has 1 amide bonds. The summed E-state index contributed by atoms with van der Waals surface area (Å²) in [7, 11) is 4.10. The fourth-order valence-electron chi connectivity index (χ4n) is 3.72. The number of hydrogen-bond donors (Lipinski definition) is 2. The third-order valence-corrected chi connectivity index (χ3v) is 5.31. The molecule has 0 spiro atoms. The minimum atomic E-state index is 0.129. The molecule has 138 valence electrons. The Labute approximate surface area is 155 Å². The summed E-state index contributed by atoms with van der Waals surface area (Å²) in [4.78, 5) is 14.6. The van der Waals surface area contributed by atoms with E-state index in [-0.39, 0.29) is 17.7 Å². The van der Waals surface area contributed by atoms with Gasteiger partial charge in [0.05, 0.1) is 6.04 Å². The first kappa shape index (κ1) is 18.5. The molecule has 1 aliphatic rings. The summed E-state index contributed by atoms with van der Waals surface area (Å²) in [5.41, 5.74) is 3.80. The highest BCUT2D eigenvalue weighted by Crippen LogP contribution is 2.30. The molecule has 3 rings (SSSR count). The lowest BCUT2D eigenvalue weighted by Crippen LogP contribution is -2.33. The fraction of sp³-hybridized carbons (Fsp3) is 0.409. The predicted molar refractivity (Wildman–Crippen MR) is 104 cm³/mol. The lowest BCUT2D eigenvalue weighted by atomic mass is 10.0. The highest BCUT2D eigenvalue weighted by molar-refractivity contribution is 5.76. The Hall–Kier alpha value is -2.33. The molecule has 2 N–H and O–H groups in total. The van der Waals surface area contributed by atoms with Crippen molar-refractivity contribution >= 4 is 5.91 Å². The van der Waals surface area contributed by atoms with E-state index in [2.05, 4.69) is 42.5 Å². The molecule has 0 aliphatic heterocycles. The Bertz CT molecular complexity index is 740. The van der Waals surface area contributed by atoms with E-state index >= 15 is 0 Å². The Balaban J connectivity index is 1.52. The van der Waals surface area contributed by atoms with Crippen molar-refractivity contribution in [1.82, 2.24) is 10.2 Å². The molecule has 0 radical (unpaired) electrons. The number of benzene rings is 2. The van der Waals surface area contributed by atoms with Crippen molar-refractivity contribution in [3.05, 3.63) is 65.2 Å². The highest BCUT2D eigenvalue weighted by atomic mass is 16.3. The van der Waals surface area contributed by atoms with Crippen LogP contribution in [-0.4, -0.2) is 36.1 Å². The number of nitrogens with zero attached hydrogens (tertiary/aromatic N) is 1. The predicted octanol–water partition coefficient (Wildman–Crippen LogP) is 3.45. The van der Waals surface area contributed by atoms with Crippen molar-refractivity contribution in [2.45, 2.75) is 44.2 Å². The molecule has 0 fully saturated rings. The summed E-state index contributed by atoms with van der Waals surface area (Å²) in [6.45, 7) is 0. The summed E-state index contributed by atoms with van der Waals surface area (Å²) in [6.07, 6.45) is 4.25. The van der Waals surface area contributed by atoms with E-state index in [1.807, 2.05) is 18.2 Å². The Kier molecular flexibility index (Phi) is 5.94. The first-order valence-corrected chi connectivity index (χ1v) is 9.34. The largest absolute Gasteiger partial charge is 0.508 e. The van der Waals surface area contributed by atoms with Crippen LogP contribution in [-0.2, 0) is 17.6 Å². The molecule has 0 aromatic heterocycles. The highest BCUT2D eigenvalue weighted by Gasteiger charge is 2.23. The number of aryl methyl sites for hydroxylation is 1. The molecule has 2 aromatic rings. The molecule has 2 atom stereocenters. The van der Waals surface area contributed by atoms with Crippen LogP contribution in [0, 0.1) is 0 Å². The zero-order valence-electron chi connectivity index (χ0n) is 15.6. The van der Waals surface area contributed by atoms with E-state index in [0.29, 0.717) is 12.5 Å². The first-order valence-electron chi connectivity index (χ1n) is 9.34. The summed E-state index contributed by atoms with van der Waals surface area (Å²) < 4.78 is 0. The quantitative estimate of drug-likeness (QED) is 0.802. The summed E-state index contributed by atoms with van der Waals surface area (Å²) in [6, 6.07) is 16.2. The van der Waals surface area contributed by atoms with E-state index in [1.165, 1.54) is 16.7 Å². The van der Waals surface area contributed by atoms with Gasteiger partial charge in [0, 0.05) is 12.5 Å². The van der Waals surface area contributed by atoms with Crippen LogP contribution in [0.2, 0.25) is 0 Å². The number of nitrogens with one attached hydrogen (secondary N) is 1. The summed E-state index contributed by atoms with van der Waals surface area (Å²) in [5, 5.41) is 12.6. The maximum absolute atomic E-state index is 12.5. The van der Waals surface area contributed by atoms with Crippen molar-refractivity contribution in [3.8, 4) is 5.75 Å². The van der Waals surface area contributed by atoms with Gasteiger partial charge in [-0.25, -0.2) is 0 Å². The second kappa shape index (κ2) is 8.37. The van der Waals surface area contributed by atoms with Gasteiger partial charge in [-0.05, 0) is 68.6 Å². The van der Waals surface area contributed by atoms with Crippen LogP contribution >= 0.6 is 0 Å². The fourth-order valence-corrected chi connectivity index (χ4v) is 3.72. The minimum absolute atomic E-state index is 0.129. The zero-order valence-corrected chi connectivity index (χ0v) is 15.6. The molecule has 2 unspecified atom stereocenters. The number of amides is 1. The van der Waals surface area contributed by atoms with Gasteiger partial charge in [-0.2, -0.15) is 0 Å². The monoisotopic (exact) mass is 352 g/mol. The van der Waals surface area contributed by atoms with E-state index in [9.17, 15) is 9.90 Å². The molecular weight excluding hydrogens is 324 g/mol. The number of rotatable bonds is 7. The summed E-state index contributed by atoms with van der Waals surface area (Å²) in [5.74, 6) is 0.413. The van der Waals surface area contributed by atoms with Crippen LogP contribution in [0.5, 0.6) is 5.75 Å². The third kappa shape index (κ3) is 4.64. The second-order valence-electron chi connectivity index (χ2n) is 7.38. The Morgan fingerprint density at radius 3 is 2.65 bits per heavy atom. The smallest absolute Gasteiger partial charge is 0.220 e. The van der Waals surface area contributed by atoms with Crippen molar-refractivity contribution in [2.75, 3.05) is 14.1 Å². The van der Waals surface area contributed by atoms with Gasteiger partial charge in [0.15, 0.2) is 0 Å². The van der Waals surface area contributed by atoms with E-state index in [0.717, 1.165) is 25.7 Å². The minimum Gasteiger partial charge on any atom is -0.508 e. The van der Waals surface area contributed by atoms with Crippen LogP contribution in [0.1, 0.15) is 42.0 Å². The molecule has 0 heterocycles. The molecule has 0 saturated carbocycles. The van der Waals surface area contributed by atoms with Crippen molar-refractivity contribution in [2.24, 2.45) is 0 Å². The number of phenols is 1. The van der Waals surface area contributed by atoms with E-state index < -0.39 is 0 Å². The number of likely N-dealkylation sites (N-methyl/N-ethyl adjacent to an activating group) is 1. The van der Waals surface area contributed by atoms with Gasteiger partial charge in [0.25, 0.3) is 0 Å². The average Bonchev–Trinajstić information content (AvgIpc) is 3.03. The van der Waals surface area contributed by atoms with Gasteiger partial charge >= 0.3 is 0 Å². The van der Waals surface area contributed by atoms with Gasteiger partial charge < -0.3 is 15.3 Å². The molecule has 4 nitrogen and oxygen atoms in total. The van der Waals surface area contributed by atoms with Crippen LogP contribution in [0.4, 0.5) is 0 Å². The Morgan fingerprint density at radius 2 is 1.92 bits per heavy atom. The number of carbonyl (C=O) groups is 1. The molecule has 4 heteroatoms. The maximum Gasteiger partial charge on any atom is 0.220 e. The maximum atomic E-state index is 12.5. The zero-order chi connectivity index (χ0) is 18.5.